The maximum absolute atomic E-state index is 10.5. The second-order valence-electron chi connectivity index (χ2n) is 3.76. The Morgan fingerprint density at radius 3 is 2.88 bits per heavy atom. The Morgan fingerprint density at radius 1 is 1.65 bits per heavy atom. The van der Waals surface area contributed by atoms with Gasteiger partial charge in [0.2, 0.25) is 0 Å². The lowest BCUT2D eigenvalue weighted by Gasteiger charge is -2.13. The molecule has 1 aromatic heterocycles. The minimum atomic E-state index is -0.452. The third kappa shape index (κ3) is 3.99. The third-order valence-electron chi connectivity index (χ3n) is 2.28. The summed E-state index contributed by atoms with van der Waals surface area (Å²) in [5, 5.41) is 13.6. The minimum absolute atomic E-state index is 0.00547. The Hall–Kier alpha value is -1.69. The summed E-state index contributed by atoms with van der Waals surface area (Å²) in [6.07, 6.45) is 1.33. The first-order valence-corrected chi connectivity index (χ1v) is 5.51. The maximum Gasteiger partial charge on any atom is 0.287 e. The van der Waals surface area contributed by atoms with Gasteiger partial charge in [-0.15, -0.1) is 0 Å². The molecule has 0 saturated heterocycles. The summed E-state index contributed by atoms with van der Waals surface area (Å²) in [6.45, 7) is 6.96. The maximum atomic E-state index is 10.5. The Kier molecular flexibility index (Phi) is 4.84. The van der Waals surface area contributed by atoms with Crippen LogP contribution >= 0.6 is 0 Å². The van der Waals surface area contributed by atoms with Gasteiger partial charge in [0.25, 0.3) is 5.69 Å². The minimum Gasteiger partial charge on any atom is -0.377 e. The van der Waals surface area contributed by atoms with Gasteiger partial charge in [0, 0.05) is 19.2 Å². The number of aryl methyl sites for hydroxylation is 1. The number of nitrogens with one attached hydrogen (secondary N) is 1. The standard InChI is InChI=1S/C11H17N3O3/c1-4-17-9(3)6-12-11-8(2)5-10(7-13-11)14(15)16/h5,7,9H,4,6H2,1-3H3,(H,12,13). The van der Waals surface area contributed by atoms with Crippen LogP contribution in [0.5, 0.6) is 0 Å². The van der Waals surface area contributed by atoms with Crippen LogP contribution in [0.4, 0.5) is 11.5 Å². The summed E-state index contributed by atoms with van der Waals surface area (Å²) in [5.41, 5.74) is 0.758. The quantitative estimate of drug-likeness (QED) is 0.607. The summed E-state index contributed by atoms with van der Waals surface area (Å²) in [5.74, 6) is 0.655. The molecule has 0 aromatic carbocycles. The molecule has 94 valence electrons. The highest BCUT2D eigenvalue weighted by Crippen LogP contribution is 2.17. The molecule has 6 nitrogen and oxygen atoms in total. The fourth-order valence-corrected chi connectivity index (χ4v) is 1.43. The molecule has 0 bridgehead atoms. The summed E-state index contributed by atoms with van der Waals surface area (Å²) in [6, 6.07) is 1.50. The van der Waals surface area contributed by atoms with Crippen LogP contribution in [0.1, 0.15) is 19.4 Å². The van der Waals surface area contributed by atoms with Crippen molar-refractivity contribution in [1.82, 2.24) is 4.98 Å². The number of hydrogen-bond donors (Lipinski definition) is 1. The Morgan fingerprint density at radius 2 is 2.35 bits per heavy atom. The zero-order valence-corrected chi connectivity index (χ0v) is 10.3. The zero-order valence-electron chi connectivity index (χ0n) is 10.3. The predicted octanol–water partition coefficient (Wildman–Crippen LogP) is 2.14. The van der Waals surface area contributed by atoms with Crippen LogP contribution in [0, 0.1) is 17.0 Å². The van der Waals surface area contributed by atoms with Gasteiger partial charge in [-0.25, -0.2) is 4.98 Å². The molecular weight excluding hydrogens is 222 g/mol. The fraction of sp³-hybridized carbons (Fsp3) is 0.545. The topological polar surface area (TPSA) is 77.3 Å². The van der Waals surface area contributed by atoms with Gasteiger partial charge < -0.3 is 10.1 Å². The van der Waals surface area contributed by atoms with Crippen molar-refractivity contribution in [3.8, 4) is 0 Å². The molecule has 1 N–H and O–H groups in total. The number of anilines is 1. The number of nitro groups is 1. The molecule has 0 fully saturated rings. The van der Waals surface area contributed by atoms with Gasteiger partial charge in [0.15, 0.2) is 0 Å². The number of aromatic nitrogens is 1. The average Bonchev–Trinajstić information content (AvgIpc) is 2.27. The molecule has 1 atom stereocenters. The lowest BCUT2D eigenvalue weighted by molar-refractivity contribution is -0.385. The van der Waals surface area contributed by atoms with Crippen molar-refractivity contribution in [2.75, 3.05) is 18.5 Å². The van der Waals surface area contributed by atoms with E-state index in [0.717, 1.165) is 5.56 Å². The van der Waals surface area contributed by atoms with E-state index in [1.54, 1.807) is 6.92 Å². The number of pyridine rings is 1. The van der Waals surface area contributed by atoms with Gasteiger partial charge in [-0.05, 0) is 26.3 Å². The highest BCUT2D eigenvalue weighted by molar-refractivity contribution is 5.48. The lowest BCUT2D eigenvalue weighted by atomic mass is 10.2. The second-order valence-corrected chi connectivity index (χ2v) is 3.76. The van der Waals surface area contributed by atoms with E-state index < -0.39 is 4.92 Å². The molecule has 0 saturated carbocycles. The number of rotatable bonds is 6. The van der Waals surface area contributed by atoms with E-state index in [9.17, 15) is 10.1 Å². The van der Waals surface area contributed by atoms with Gasteiger partial charge in [-0.1, -0.05) is 0 Å². The van der Waals surface area contributed by atoms with E-state index in [1.807, 2.05) is 13.8 Å². The molecule has 1 aromatic rings. The van der Waals surface area contributed by atoms with Crippen molar-refractivity contribution in [1.29, 1.82) is 0 Å². The Labute approximate surface area is 100 Å². The average molecular weight is 239 g/mol. The van der Waals surface area contributed by atoms with E-state index in [4.69, 9.17) is 4.74 Å². The first-order valence-electron chi connectivity index (χ1n) is 5.51. The smallest absolute Gasteiger partial charge is 0.287 e. The van der Waals surface area contributed by atoms with Crippen molar-refractivity contribution < 1.29 is 9.66 Å². The van der Waals surface area contributed by atoms with Crippen LogP contribution in [-0.2, 0) is 4.74 Å². The summed E-state index contributed by atoms with van der Waals surface area (Å²) in [7, 11) is 0. The third-order valence-corrected chi connectivity index (χ3v) is 2.28. The summed E-state index contributed by atoms with van der Waals surface area (Å²) < 4.78 is 5.37. The normalized spacial score (nSPS) is 12.2. The predicted molar refractivity (Wildman–Crippen MR) is 65.2 cm³/mol. The van der Waals surface area contributed by atoms with Crippen LogP contribution in [0.2, 0.25) is 0 Å². The monoisotopic (exact) mass is 239 g/mol. The van der Waals surface area contributed by atoms with Crippen LogP contribution < -0.4 is 5.32 Å². The molecule has 0 spiro atoms. The van der Waals surface area contributed by atoms with Crippen LogP contribution in [0.3, 0.4) is 0 Å². The van der Waals surface area contributed by atoms with Gasteiger partial charge in [0.1, 0.15) is 12.0 Å². The summed E-state index contributed by atoms with van der Waals surface area (Å²) >= 11 is 0. The zero-order chi connectivity index (χ0) is 12.8. The van der Waals surface area contributed by atoms with Gasteiger partial charge in [-0.3, -0.25) is 10.1 Å². The highest BCUT2D eigenvalue weighted by atomic mass is 16.6. The van der Waals surface area contributed by atoms with Gasteiger partial charge >= 0.3 is 0 Å². The first-order chi connectivity index (χ1) is 8.04. The largest absolute Gasteiger partial charge is 0.377 e. The number of nitrogens with zero attached hydrogens (tertiary/aromatic N) is 2. The van der Waals surface area contributed by atoms with Crippen molar-refractivity contribution >= 4 is 11.5 Å². The van der Waals surface area contributed by atoms with Gasteiger partial charge in [0.05, 0.1) is 11.0 Å². The van der Waals surface area contributed by atoms with Gasteiger partial charge in [-0.2, -0.15) is 0 Å². The van der Waals surface area contributed by atoms with Crippen LogP contribution in [-0.4, -0.2) is 29.2 Å². The molecule has 0 amide bonds. The van der Waals surface area contributed by atoms with E-state index in [0.29, 0.717) is 19.0 Å². The summed E-state index contributed by atoms with van der Waals surface area (Å²) in [4.78, 5) is 14.1. The van der Waals surface area contributed by atoms with Crippen LogP contribution in [0.25, 0.3) is 0 Å². The molecular formula is C11H17N3O3. The molecule has 0 radical (unpaired) electrons. The fourth-order valence-electron chi connectivity index (χ4n) is 1.43. The highest BCUT2D eigenvalue weighted by Gasteiger charge is 2.10. The molecule has 1 unspecified atom stereocenters. The van der Waals surface area contributed by atoms with Crippen molar-refractivity contribution in [2.24, 2.45) is 0 Å². The van der Waals surface area contributed by atoms with E-state index in [-0.39, 0.29) is 11.8 Å². The first kappa shape index (κ1) is 13.4. The number of ether oxygens (including phenoxy) is 1. The SMILES string of the molecule is CCOC(C)CNc1ncc([N+](=O)[O-])cc1C. The Bertz CT molecular complexity index is 396. The van der Waals surface area contributed by atoms with Crippen molar-refractivity contribution in [3.63, 3.8) is 0 Å². The second kappa shape index (κ2) is 6.15. The van der Waals surface area contributed by atoms with Crippen molar-refractivity contribution in [2.45, 2.75) is 26.9 Å². The number of hydrogen-bond acceptors (Lipinski definition) is 5. The van der Waals surface area contributed by atoms with Crippen molar-refractivity contribution in [3.05, 3.63) is 27.9 Å². The molecule has 17 heavy (non-hydrogen) atoms. The molecule has 1 rings (SSSR count). The van der Waals surface area contributed by atoms with E-state index in [1.165, 1.54) is 12.3 Å². The molecule has 6 heteroatoms. The molecule has 0 aliphatic carbocycles. The van der Waals surface area contributed by atoms with E-state index >= 15 is 0 Å². The van der Waals surface area contributed by atoms with E-state index in [2.05, 4.69) is 10.3 Å². The van der Waals surface area contributed by atoms with Crippen LogP contribution in [0.15, 0.2) is 12.3 Å². The molecule has 0 aliphatic heterocycles. The molecule has 1 heterocycles. The lowest BCUT2D eigenvalue weighted by Crippen LogP contribution is -2.20. The molecule has 0 aliphatic rings. The Balaban J connectivity index is 2.63.